The van der Waals surface area contributed by atoms with Gasteiger partial charge >= 0.3 is 0 Å². The van der Waals surface area contributed by atoms with Gasteiger partial charge < -0.3 is 4.74 Å². The summed E-state index contributed by atoms with van der Waals surface area (Å²) < 4.78 is 33.0. The average Bonchev–Trinajstić information content (AvgIpc) is 2.53. The van der Waals surface area contributed by atoms with E-state index in [-0.39, 0.29) is 23.7 Å². The van der Waals surface area contributed by atoms with Gasteiger partial charge in [-0.05, 0) is 44.4 Å². The summed E-state index contributed by atoms with van der Waals surface area (Å²) in [5.74, 6) is -1.95. The van der Waals surface area contributed by atoms with Crippen molar-refractivity contribution in [2.75, 3.05) is 6.61 Å². The fraction of sp³-hybridized carbons (Fsp3) is 0.294. The van der Waals surface area contributed by atoms with Crippen molar-refractivity contribution in [1.29, 1.82) is 0 Å². The monoisotopic (exact) mass is 304 g/mol. The van der Waals surface area contributed by atoms with Crippen molar-refractivity contribution in [3.63, 3.8) is 0 Å². The van der Waals surface area contributed by atoms with E-state index in [1.165, 1.54) is 12.1 Å². The second kappa shape index (κ2) is 7.64. The van der Waals surface area contributed by atoms with Crippen LogP contribution in [0.2, 0.25) is 0 Å². The SMILES string of the molecule is C/C=C/CCc1cnc(-c2ccc(OCC)c(F)c2F)nc1. The number of allylic oxidation sites excluding steroid dienone is 2. The van der Waals surface area contributed by atoms with Crippen molar-refractivity contribution in [3.05, 3.63) is 53.9 Å². The third-order valence-corrected chi connectivity index (χ3v) is 3.13. The molecule has 0 fully saturated rings. The molecule has 0 aliphatic heterocycles. The number of rotatable bonds is 6. The van der Waals surface area contributed by atoms with Gasteiger partial charge in [0, 0.05) is 12.4 Å². The number of aromatic nitrogens is 2. The Kier molecular flexibility index (Phi) is 5.58. The maximum absolute atomic E-state index is 14.1. The molecule has 116 valence electrons. The first kappa shape index (κ1) is 16.1. The third-order valence-electron chi connectivity index (χ3n) is 3.13. The molecule has 0 bridgehead atoms. The fourth-order valence-corrected chi connectivity index (χ4v) is 2.01. The number of hydrogen-bond donors (Lipinski definition) is 0. The van der Waals surface area contributed by atoms with Gasteiger partial charge in [0.15, 0.2) is 17.4 Å². The van der Waals surface area contributed by atoms with E-state index in [2.05, 4.69) is 16.0 Å². The number of ether oxygens (including phenoxy) is 1. The highest BCUT2D eigenvalue weighted by Crippen LogP contribution is 2.27. The lowest BCUT2D eigenvalue weighted by Crippen LogP contribution is -2.00. The smallest absolute Gasteiger partial charge is 0.201 e. The molecule has 0 radical (unpaired) electrons. The van der Waals surface area contributed by atoms with E-state index in [0.717, 1.165) is 18.4 Å². The number of hydrogen-bond acceptors (Lipinski definition) is 3. The number of aryl methyl sites for hydroxylation is 1. The van der Waals surface area contributed by atoms with Crippen LogP contribution in [0.3, 0.4) is 0 Å². The van der Waals surface area contributed by atoms with Gasteiger partial charge in [0.25, 0.3) is 0 Å². The molecule has 1 aromatic heterocycles. The van der Waals surface area contributed by atoms with Gasteiger partial charge in [0.05, 0.1) is 12.2 Å². The Balaban J connectivity index is 2.23. The first-order valence-electron chi connectivity index (χ1n) is 7.20. The Bertz CT molecular complexity index is 654. The largest absolute Gasteiger partial charge is 0.491 e. The van der Waals surface area contributed by atoms with Crippen LogP contribution in [-0.2, 0) is 6.42 Å². The highest BCUT2D eigenvalue weighted by Gasteiger charge is 2.17. The summed E-state index contributed by atoms with van der Waals surface area (Å²) in [6, 6.07) is 2.82. The lowest BCUT2D eigenvalue weighted by Gasteiger charge is -2.08. The lowest BCUT2D eigenvalue weighted by atomic mass is 10.1. The van der Waals surface area contributed by atoms with Gasteiger partial charge in [-0.3, -0.25) is 0 Å². The second-order valence-electron chi connectivity index (χ2n) is 4.69. The summed E-state index contributed by atoms with van der Waals surface area (Å²) in [5.41, 5.74) is 0.981. The molecule has 1 aromatic carbocycles. The van der Waals surface area contributed by atoms with E-state index in [1.807, 2.05) is 13.0 Å². The molecule has 0 N–H and O–H groups in total. The highest BCUT2D eigenvalue weighted by atomic mass is 19.2. The van der Waals surface area contributed by atoms with Crippen molar-refractivity contribution in [1.82, 2.24) is 9.97 Å². The van der Waals surface area contributed by atoms with E-state index >= 15 is 0 Å². The second-order valence-corrected chi connectivity index (χ2v) is 4.69. The van der Waals surface area contributed by atoms with Crippen molar-refractivity contribution < 1.29 is 13.5 Å². The molecule has 0 spiro atoms. The summed E-state index contributed by atoms with van der Waals surface area (Å²) >= 11 is 0. The molecule has 0 saturated heterocycles. The Hall–Kier alpha value is -2.30. The summed E-state index contributed by atoms with van der Waals surface area (Å²) in [6.45, 7) is 3.94. The van der Waals surface area contributed by atoms with Crippen LogP contribution in [0, 0.1) is 11.6 Å². The molecule has 0 atom stereocenters. The molecule has 0 saturated carbocycles. The molecule has 5 heteroatoms. The Morgan fingerprint density at radius 2 is 1.86 bits per heavy atom. The Labute approximate surface area is 128 Å². The minimum absolute atomic E-state index is 0.0287. The van der Waals surface area contributed by atoms with Crippen LogP contribution in [-0.4, -0.2) is 16.6 Å². The topological polar surface area (TPSA) is 35.0 Å². The average molecular weight is 304 g/mol. The molecule has 1 heterocycles. The van der Waals surface area contributed by atoms with E-state index in [0.29, 0.717) is 0 Å². The zero-order valence-corrected chi connectivity index (χ0v) is 12.6. The first-order valence-corrected chi connectivity index (χ1v) is 7.20. The zero-order chi connectivity index (χ0) is 15.9. The molecule has 3 nitrogen and oxygen atoms in total. The van der Waals surface area contributed by atoms with Crippen molar-refractivity contribution in [3.8, 4) is 17.1 Å². The number of benzene rings is 1. The number of halogens is 2. The maximum atomic E-state index is 14.1. The summed E-state index contributed by atoms with van der Waals surface area (Å²) in [5, 5.41) is 0. The normalized spacial score (nSPS) is 11.1. The van der Waals surface area contributed by atoms with Gasteiger partial charge in [-0.25, -0.2) is 14.4 Å². The van der Waals surface area contributed by atoms with Gasteiger partial charge in [-0.2, -0.15) is 4.39 Å². The lowest BCUT2D eigenvalue weighted by molar-refractivity contribution is 0.314. The Morgan fingerprint density at radius 1 is 1.14 bits per heavy atom. The number of nitrogens with zero attached hydrogens (tertiary/aromatic N) is 2. The van der Waals surface area contributed by atoms with Gasteiger partial charge in [0.2, 0.25) is 5.82 Å². The predicted octanol–water partition coefficient (Wildman–Crippen LogP) is 4.33. The summed E-state index contributed by atoms with van der Waals surface area (Å²) in [6.07, 6.45) is 9.01. The van der Waals surface area contributed by atoms with Crippen LogP contribution in [0.15, 0.2) is 36.7 Å². The van der Waals surface area contributed by atoms with Crippen LogP contribution in [0.25, 0.3) is 11.4 Å². The van der Waals surface area contributed by atoms with Gasteiger partial charge in [-0.1, -0.05) is 12.2 Å². The Morgan fingerprint density at radius 3 is 2.50 bits per heavy atom. The molecule has 22 heavy (non-hydrogen) atoms. The minimum Gasteiger partial charge on any atom is -0.491 e. The molecular formula is C17H18F2N2O. The first-order chi connectivity index (χ1) is 10.7. The molecule has 0 unspecified atom stereocenters. The van der Waals surface area contributed by atoms with Crippen molar-refractivity contribution >= 4 is 0 Å². The molecule has 0 aliphatic rings. The standard InChI is InChI=1S/C17H18F2N2O/c1-3-5-6-7-12-10-20-17(21-11-12)13-8-9-14(22-4-2)16(19)15(13)18/h3,5,8-11H,4,6-7H2,1-2H3/b5-3+. The molecular weight excluding hydrogens is 286 g/mol. The summed E-state index contributed by atoms with van der Waals surface area (Å²) in [7, 11) is 0. The van der Waals surface area contributed by atoms with Crippen molar-refractivity contribution in [2.45, 2.75) is 26.7 Å². The summed E-state index contributed by atoms with van der Waals surface area (Å²) in [4.78, 5) is 8.25. The van der Waals surface area contributed by atoms with Crippen LogP contribution < -0.4 is 4.74 Å². The van der Waals surface area contributed by atoms with E-state index in [4.69, 9.17) is 4.74 Å². The predicted molar refractivity (Wildman–Crippen MR) is 81.7 cm³/mol. The molecule has 2 aromatic rings. The minimum atomic E-state index is -1.01. The third kappa shape index (κ3) is 3.67. The van der Waals surface area contributed by atoms with Crippen LogP contribution in [0.4, 0.5) is 8.78 Å². The van der Waals surface area contributed by atoms with E-state index in [9.17, 15) is 8.78 Å². The zero-order valence-electron chi connectivity index (χ0n) is 12.6. The fourth-order valence-electron chi connectivity index (χ4n) is 2.01. The van der Waals surface area contributed by atoms with Gasteiger partial charge in [0.1, 0.15) is 0 Å². The van der Waals surface area contributed by atoms with Crippen LogP contribution in [0.1, 0.15) is 25.8 Å². The van der Waals surface area contributed by atoms with E-state index < -0.39 is 11.6 Å². The highest BCUT2D eigenvalue weighted by molar-refractivity contribution is 5.57. The maximum Gasteiger partial charge on any atom is 0.201 e. The van der Waals surface area contributed by atoms with Crippen LogP contribution in [0.5, 0.6) is 5.75 Å². The van der Waals surface area contributed by atoms with Crippen molar-refractivity contribution in [2.24, 2.45) is 0 Å². The quantitative estimate of drug-likeness (QED) is 0.745. The van der Waals surface area contributed by atoms with Crippen LogP contribution >= 0.6 is 0 Å². The van der Waals surface area contributed by atoms with E-state index in [1.54, 1.807) is 19.3 Å². The van der Waals surface area contributed by atoms with Gasteiger partial charge in [-0.15, -0.1) is 0 Å². The molecule has 0 aliphatic carbocycles. The molecule has 2 rings (SSSR count). The molecule has 0 amide bonds.